The first-order valence-electron chi connectivity index (χ1n) is 6.64. The first kappa shape index (κ1) is 12.6. The van der Waals surface area contributed by atoms with Crippen molar-refractivity contribution < 1.29 is 14.3 Å². The van der Waals surface area contributed by atoms with E-state index in [-0.39, 0.29) is 17.6 Å². The Bertz CT molecular complexity index is 440. The molecular formula is C13H19N3O3. The molecule has 1 aromatic heterocycles. The highest BCUT2D eigenvalue weighted by Gasteiger charge is 2.51. The van der Waals surface area contributed by atoms with Crippen molar-refractivity contribution in [2.45, 2.75) is 31.1 Å². The Balaban J connectivity index is 1.68. The first-order valence-corrected chi connectivity index (χ1v) is 6.64. The standard InChI is InChI=1S/C13H19N3O3/c1-18-11-7-16(9-13(11)3-2-6-19-13)12(17)8-15-5-4-14-10-15/h4-5,10-11H,2-3,6-9H2,1H3/t11-,13-/m0/s1. The first-order chi connectivity index (χ1) is 9.23. The third-order valence-corrected chi connectivity index (χ3v) is 4.08. The maximum atomic E-state index is 12.3. The van der Waals surface area contributed by atoms with Crippen LogP contribution in [0.2, 0.25) is 0 Å². The van der Waals surface area contributed by atoms with Gasteiger partial charge in [-0.3, -0.25) is 4.79 Å². The number of aromatic nitrogens is 2. The molecule has 2 aliphatic heterocycles. The highest BCUT2D eigenvalue weighted by Crippen LogP contribution is 2.36. The van der Waals surface area contributed by atoms with Crippen molar-refractivity contribution in [3.05, 3.63) is 18.7 Å². The summed E-state index contributed by atoms with van der Waals surface area (Å²) in [6.07, 6.45) is 7.13. The van der Waals surface area contributed by atoms with Gasteiger partial charge in [0, 0.05) is 32.7 Å². The van der Waals surface area contributed by atoms with Crippen LogP contribution in [0.25, 0.3) is 0 Å². The Labute approximate surface area is 112 Å². The van der Waals surface area contributed by atoms with Crippen LogP contribution in [-0.2, 0) is 20.8 Å². The third kappa shape index (κ3) is 2.26. The zero-order valence-electron chi connectivity index (χ0n) is 11.1. The maximum absolute atomic E-state index is 12.3. The zero-order valence-corrected chi connectivity index (χ0v) is 11.1. The summed E-state index contributed by atoms with van der Waals surface area (Å²) in [5.74, 6) is 0.0902. The molecule has 19 heavy (non-hydrogen) atoms. The molecule has 2 aliphatic rings. The topological polar surface area (TPSA) is 56.6 Å². The highest BCUT2D eigenvalue weighted by molar-refractivity contribution is 5.76. The van der Waals surface area contributed by atoms with Crippen molar-refractivity contribution in [2.75, 3.05) is 26.8 Å². The number of amides is 1. The van der Waals surface area contributed by atoms with Crippen LogP contribution in [-0.4, -0.2) is 58.9 Å². The molecule has 104 valence electrons. The van der Waals surface area contributed by atoms with E-state index >= 15 is 0 Å². The van der Waals surface area contributed by atoms with E-state index < -0.39 is 0 Å². The Morgan fingerprint density at radius 2 is 2.53 bits per heavy atom. The smallest absolute Gasteiger partial charge is 0.242 e. The molecule has 0 unspecified atom stereocenters. The molecule has 6 nitrogen and oxygen atoms in total. The number of methoxy groups -OCH3 is 1. The van der Waals surface area contributed by atoms with Crippen molar-refractivity contribution in [1.29, 1.82) is 0 Å². The minimum absolute atomic E-state index is 0.0123. The van der Waals surface area contributed by atoms with Gasteiger partial charge in [-0.2, -0.15) is 0 Å². The molecule has 3 heterocycles. The van der Waals surface area contributed by atoms with Gasteiger partial charge in [-0.15, -0.1) is 0 Å². The molecule has 2 saturated heterocycles. The van der Waals surface area contributed by atoms with E-state index in [2.05, 4.69) is 4.98 Å². The molecule has 2 fully saturated rings. The van der Waals surface area contributed by atoms with Crippen LogP contribution in [0.3, 0.4) is 0 Å². The predicted octanol–water partition coefficient (Wildman–Crippen LogP) is 0.289. The quantitative estimate of drug-likeness (QED) is 0.788. The van der Waals surface area contributed by atoms with Gasteiger partial charge >= 0.3 is 0 Å². The number of hydrogen-bond acceptors (Lipinski definition) is 4. The van der Waals surface area contributed by atoms with E-state index in [0.29, 0.717) is 19.6 Å². The Morgan fingerprint density at radius 1 is 1.63 bits per heavy atom. The maximum Gasteiger partial charge on any atom is 0.242 e. The largest absolute Gasteiger partial charge is 0.377 e. The van der Waals surface area contributed by atoms with Gasteiger partial charge in [0.1, 0.15) is 18.2 Å². The molecular weight excluding hydrogens is 246 g/mol. The average molecular weight is 265 g/mol. The Kier molecular flexibility index (Phi) is 3.28. The van der Waals surface area contributed by atoms with Gasteiger partial charge < -0.3 is 18.9 Å². The lowest BCUT2D eigenvalue weighted by molar-refractivity contribution is -0.131. The summed E-state index contributed by atoms with van der Waals surface area (Å²) in [6.45, 7) is 2.35. The molecule has 3 rings (SSSR count). The number of likely N-dealkylation sites (tertiary alicyclic amines) is 1. The summed E-state index contributed by atoms with van der Waals surface area (Å²) < 4.78 is 13.2. The van der Waals surface area contributed by atoms with Gasteiger partial charge in [0.05, 0.1) is 12.9 Å². The SMILES string of the molecule is CO[C@H]1CN(C(=O)Cn2ccnc2)C[C@@]12CCCO2. The van der Waals surface area contributed by atoms with Crippen molar-refractivity contribution in [1.82, 2.24) is 14.5 Å². The molecule has 0 N–H and O–H groups in total. The van der Waals surface area contributed by atoms with Gasteiger partial charge in [-0.05, 0) is 12.8 Å². The van der Waals surface area contributed by atoms with Crippen LogP contribution < -0.4 is 0 Å². The fraction of sp³-hybridized carbons (Fsp3) is 0.692. The number of imidazole rings is 1. The number of carbonyl (C=O) groups is 1. The second-order valence-corrected chi connectivity index (χ2v) is 5.25. The molecule has 1 aromatic rings. The zero-order chi connectivity index (χ0) is 13.3. The van der Waals surface area contributed by atoms with Gasteiger partial charge in [-0.1, -0.05) is 0 Å². The molecule has 6 heteroatoms. The predicted molar refractivity (Wildman–Crippen MR) is 67.5 cm³/mol. The summed E-state index contributed by atoms with van der Waals surface area (Å²) in [6, 6.07) is 0. The fourth-order valence-corrected chi connectivity index (χ4v) is 3.07. The monoisotopic (exact) mass is 265 g/mol. The van der Waals surface area contributed by atoms with Crippen LogP contribution in [0, 0.1) is 0 Å². The van der Waals surface area contributed by atoms with Crippen LogP contribution in [0.4, 0.5) is 0 Å². The number of rotatable bonds is 3. The van der Waals surface area contributed by atoms with Gasteiger partial charge in [0.15, 0.2) is 0 Å². The molecule has 0 radical (unpaired) electrons. The lowest BCUT2D eigenvalue weighted by atomic mass is 9.97. The van der Waals surface area contributed by atoms with E-state index in [1.807, 2.05) is 4.90 Å². The normalized spacial score (nSPS) is 30.4. The number of carbonyl (C=O) groups excluding carboxylic acids is 1. The Hall–Kier alpha value is -1.40. The molecule has 0 bridgehead atoms. The van der Waals surface area contributed by atoms with E-state index in [0.717, 1.165) is 19.4 Å². The molecule has 0 saturated carbocycles. The van der Waals surface area contributed by atoms with Crippen LogP contribution in [0.5, 0.6) is 0 Å². The average Bonchev–Trinajstić information content (AvgIpc) is 3.12. The van der Waals surface area contributed by atoms with Gasteiger partial charge in [-0.25, -0.2) is 4.98 Å². The minimum Gasteiger partial charge on any atom is -0.377 e. The molecule has 0 aliphatic carbocycles. The summed E-state index contributed by atoms with van der Waals surface area (Å²) in [5.41, 5.74) is -0.278. The van der Waals surface area contributed by atoms with Crippen molar-refractivity contribution in [3.8, 4) is 0 Å². The second kappa shape index (κ2) is 4.94. The van der Waals surface area contributed by atoms with Gasteiger partial charge in [0.25, 0.3) is 0 Å². The summed E-state index contributed by atoms with van der Waals surface area (Å²) in [7, 11) is 1.69. The van der Waals surface area contributed by atoms with E-state index in [1.165, 1.54) is 0 Å². The van der Waals surface area contributed by atoms with E-state index in [1.54, 1.807) is 30.4 Å². The lowest BCUT2D eigenvalue weighted by Crippen LogP contribution is -2.42. The molecule has 2 atom stereocenters. The number of nitrogens with zero attached hydrogens (tertiary/aromatic N) is 3. The summed E-state index contributed by atoms with van der Waals surface area (Å²) >= 11 is 0. The van der Waals surface area contributed by atoms with Crippen molar-refractivity contribution >= 4 is 5.91 Å². The summed E-state index contributed by atoms with van der Waals surface area (Å²) in [5, 5.41) is 0. The van der Waals surface area contributed by atoms with Crippen LogP contribution >= 0.6 is 0 Å². The second-order valence-electron chi connectivity index (χ2n) is 5.25. The fourth-order valence-electron chi connectivity index (χ4n) is 3.07. The lowest BCUT2D eigenvalue weighted by Gasteiger charge is -2.27. The number of hydrogen-bond donors (Lipinski definition) is 0. The Morgan fingerprint density at radius 3 is 3.16 bits per heavy atom. The molecule has 1 amide bonds. The van der Waals surface area contributed by atoms with E-state index in [4.69, 9.17) is 9.47 Å². The van der Waals surface area contributed by atoms with E-state index in [9.17, 15) is 4.79 Å². The summed E-state index contributed by atoms with van der Waals surface area (Å²) in [4.78, 5) is 18.1. The van der Waals surface area contributed by atoms with Gasteiger partial charge in [0.2, 0.25) is 5.91 Å². The van der Waals surface area contributed by atoms with Crippen LogP contribution in [0.1, 0.15) is 12.8 Å². The highest BCUT2D eigenvalue weighted by atomic mass is 16.6. The molecule has 0 aromatic carbocycles. The molecule has 1 spiro atoms. The number of ether oxygens (including phenoxy) is 2. The van der Waals surface area contributed by atoms with Crippen molar-refractivity contribution in [2.24, 2.45) is 0 Å². The van der Waals surface area contributed by atoms with Crippen molar-refractivity contribution in [3.63, 3.8) is 0 Å². The third-order valence-electron chi connectivity index (χ3n) is 4.08. The van der Waals surface area contributed by atoms with Crippen LogP contribution in [0.15, 0.2) is 18.7 Å². The minimum atomic E-state index is -0.278.